The summed E-state index contributed by atoms with van der Waals surface area (Å²) in [4.78, 5) is 22.6. The Kier molecular flexibility index (Phi) is 3.75. The number of rotatable bonds is 4. The summed E-state index contributed by atoms with van der Waals surface area (Å²) in [7, 11) is 0. The Balaban J connectivity index is 3.35. The van der Waals surface area contributed by atoms with E-state index in [1.165, 1.54) is 0 Å². The molecule has 1 rings (SSSR count). The molecule has 0 unspecified atom stereocenters. The van der Waals surface area contributed by atoms with E-state index in [4.69, 9.17) is 10.2 Å². The summed E-state index contributed by atoms with van der Waals surface area (Å²) in [5.41, 5.74) is -1.81. The van der Waals surface area contributed by atoms with Crippen LogP contribution in [0.3, 0.4) is 0 Å². The molecule has 0 saturated carbocycles. The summed E-state index contributed by atoms with van der Waals surface area (Å²) in [6, 6.07) is 0. The maximum absolute atomic E-state index is 13.0. The highest BCUT2D eigenvalue weighted by molar-refractivity contribution is 4.90. The molecule has 84 valence electrons. The van der Waals surface area contributed by atoms with E-state index in [0.29, 0.717) is 4.57 Å². The highest BCUT2D eigenvalue weighted by Gasteiger charge is 2.09. The lowest BCUT2D eigenvalue weighted by Gasteiger charge is -2.07. The molecular weight excluding hydrogens is 207 g/mol. The molecule has 0 amide bonds. The molecule has 0 aromatic carbocycles. The van der Waals surface area contributed by atoms with Gasteiger partial charge in [0.1, 0.15) is 0 Å². The van der Waals surface area contributed by atoms with Crippen LogP contribution in [0.1, 0.15) is 0 Å². The summed E-state index contributed by atoms with van der Waals surface area (Å²) >= 11 is 0. The van der Waals surface area contributed by atoms with E-state index in [0.717, 1.165) is 10.8 Å². The van der Waals surface area contributed by atoms with Gasteiger partial charge in [-0.3, -0.25) is 13.9 Å². The Bertz CT molecular complexity index is 451. The number of aliphatic hydroxyl groups is 2. The minimum atomic E-state index is -1.09. The number of halogens is 1. The van der Waals surface area contributed by atoms with Gasteiger partial charge in [0, 0.05) is 0 Å². The lowest BCUT2D eigenvalue weighted by molar-refractivity contribution is 0.257. The molecule has 15 heavy (non-hydrogen) atoms. The van der Waals surface area contributed by atoms with E-state index in [2.05, 4.69) is 0 Å². The summed E-state index contributed by atoms with van der Waals surface area (Å²) in [5.74, 6) is -1.09. The van der Waals surface area contributed by atoms with Gasteiger partial charge in [-0.15, -0.1) is 0 Å². The highest BCUT2D eigenvalue weighted by atomic mass is 19.1. The predicted octanol–water partition coefficient (Wildman–Crippen LogP) is -1.87. The van der Waals surface area contributed by atoms with Gasteiger partial charge in [0.15, 0.2) is 0 Å². The van der Waals surface area contributed by atoms with E-state index in [1.807, 2.05) is 0 Å². The normalized spacial score (nSPS) is 10.6. The van der Waals surface area contributed by atoms with Gasteiger partial charge in [0.25, 0.3) is 5.56 Å². The number of nitrogens with zero attached hydrogens (tertiary/aromatic N) is 2. The topological polar surface area (TPSA) is 84.5 Å². The largest absolute Gasteiger partial charge is 0.395 e. The van der Waals surface area contributed by atoms with E-state index in [1.54, 1.807) is 0 Å². The molecular formula is C8H11FN2O4. The Morgan fingerprint density at radius 3 is 2.33 bits per heavy atom. The van der Waals surface area contributed by atoms with Gasteiger partial charge in [-0.05, 0) is 0 Å². The van der Waals surface area contributed by atoms with Crippen LogP contribution in [0.25, 0.3) is 0 Å². The van der Waals surface area contributed by atoms with Crippen LogP contribution < -0.4 is 11.2 Å². The summed E-state index contributed by atoms with van der Waals surface area (Å²) in [6.07, 6.45) is 0.745. The molecule has 0 saturated heterocycles. The molecule has 1 aromatic heterocycles. The molecule has 0 aliphatic rings. The molecule has 0 bridgehead atoms. The third-order valence-electron chi connectivity index (χ3n) is 1.86. The average molecular weight is 218 g/mol. The number of hydrogen-bond donors (Lipinski definition) is 2. The highest BCUT2D eigenvalue weighted by Crippen LogP contribution is 1.86. The zero-order chi connectivity index (χ0) is 11.4. The molecule has 2 N–H and O–H groups in total. The van der Waals surface area contributed by atoms with Crippen LogP contribution in [0.5, 0.6) is 0 Å². The van der Waals surface area contributed by atoms with Crippen LogP contribution in [0.15, 0.2) is 15.8 Å². The van der Waals surface area contributed by atoms with Crippen molar-refractivity contribution in [2.45, 2.75) is 13.1 Å². The molecule has 0 aliphatic carbocycles. The van der Waals surface area contributed by atoms with Crippen LogP contribution in [0.2, 0.25) is 0 Å². The molecule has 7 heteroatoms. The first kappa shape index (κ1) is 11.6. The second-order valence-electron chi connectivity index (χ2n) is 2.86. The van der Waals surface area contributed by atoms with E-state index < -0.39 is 23.7 Å². The number of aliphatic hydroxyl groups excluding tert-OH is 2. The molecule has 6 nitrogen and oxygen atoms in total. The Morgan fingerprint density at radius 1 is 1.20 bits per heavy atom. The Morgan fingerprint density at radius 2 is 1.80 bits per heavy atom. The zero-order valence-corrected chi connectivity index (χ0v) is 7.89. The van der Waals surface area contributed by atoms with Crippen LogP contribution >= 0.6 is 0 Å². The fourth-order valence-corrected chi connectivity index (χ4v) is 1.18. The summed E-state index contributed by atoms with van der Waals surface area (Å²) < 4.78 is 14.5. The SMILES string of the molecule is O=c1c(F)cn(CCO)c(=O)n1CCO. The lowest BCUT2D eigenvalue weighted by atomic mass is 10.5. The minimum absolute atomic E-state index is 0.0958. The van der Waals surface area contributed by atoms with Crippen molar-refractivity contribution in [1.29, 1.82) is 0 Å². The molecule has 0 aliphatic heterocycles. The van der Waals surface area contributed by atoms with Gasteiger partial charge in [-0.2, -0.15) is 4.39 Å². The minimum Gasteiger partial charge on any atom is -0.395 e. The Labute approximate surface area is 83.8 Å². The van der Waals surface area contributed by atoms with Crippen molar-refractivity contribution in [3.63, 3.8) is 0 Å². The molecule has 1 heterocycles. The van der Waals surface area contributed by atoms with Crippen molar-refractivity contribution in [1.82, 2.24) is 9.13 Å². The van der Waals surface area contributed by atoms with Crippen LogP contribution in [-0.2, 0) is 13.1 Å². The van der Waals surface area contributed by atoms with Gasteiger partial charge in [0.2, 0.25) is 5.82 Å². The van der Waals surface area contributed by atoms with Gasteiger partial charge in [-0.25, -0.2) is 4.79 Å². The zero-order valence-electron chi connectivity index (χ0n) is 7.89. The standard InChI is InChI=1S/C8H11FN2O4/c9-6-5-10(1-3-12)8(15)11(2-4-13)7(6)14/h5,12-13H,1-4H2. The van der Waals surface area contributed by atoms with Gasteiger partial charge >= 0.3 is 5.69 Å². The monoisotopic (exact) mass is 218 g/mol. The van der Waals surface area contributed by atoms with Crippen molar-refractivity contribution < 1.29 is 14.6 Å². The first-order valence-corrected chi connectivity index (χ1v) is 4.33. The molecule has 0 atom stereocenters. The van der Waals surface area contributed by atoms with Gasteiger partial charge < -0.3 is 10.2 Å². The summed E-state index contributed by atoms with van der Waals surface area (Å²) in [6.45, 7) is -1.13. The second kappa shape index (κ2) is 4.85. The van der Waals surface area contributed by atoms with E-state index >= 15 is 0 Å². The number of hydrogen-bond acceptors (Lipinski definition) is 4. The van der Waals surface area contributed by atoms with Crippen molar-refractivity contribution in [2.24, 2.45) is 0 Å². The Hall–Kier alpha value is -1.47. The maximum atomic E-state index is 13.0. The van der Waals surface area contributed by atoms with Crippen molar-refractivity contribution >= 4 is 0 Å². The van der Waals surface area contributed by atoms with Crippen LogP contribution in [0, 0.1) is 5.82 Å². The van der Waals surface area contributed by atoms with Gasteiger partial charge in [-0.1, -0.05) is 0 Å². The molecule has 0 spiro atoms. The van der Waals surface area contributed by atoms with Crippen LogP contribution in [0.4, 0.5) is 4.39 Å². The summed E-state index contributed by atoms with van der Waals surface area (Å²) in [5, 5.41) is 17.2. The smallest absolute Gasteiger partial charge is 0.331 e. The van der Waals surface area contributed by atoms with Crippen LogP contribution in [-0.4, -0.2) is 32.6 Å². The third-order valence-corrected chi connectivity index (χ3v) is 1.86. The number of aromatic nitrogens is 2. The first-order chi connectivity index (χ1) is 7.11. The molecule has 0 fully saturated rings. The van der Waals surface area contributed by atoms with E-state index in [9.17, 15) is 14.0 Å². The average Bonchev–Trinajstić information content (AvgIpc) is 2.21. The van der Waals surface area contributed by atoms with Crippen molar-refractivity contribution in [3.8, 4) is 0 Å². The lowest BCUT2D eigenvalue weighted by Crippen LogP contribution is -2.42. The quantitative estimate of drug-likeness (QED) is 0.620. The maximum Gasteiger partial charge on any atom is 0.331 e. The van der Waals surface area contributed by atoms with Crippen molar-refractivity contribution in [3.05, 3.63) is 32.9 Å². The second-order valence-corrected chi connectivity index (χ2v) is 2.86. The molecule has 1 aromatic rings. The van der Waals surface area contributed by atoms with Gasteiger partial charge in [0.05, 0.1) is 32.5 Å². The third kappa shape index (κ3) is 2.31. The van der Waals surface area contributed by atoms with Crippen molar-refractivity contribution in [2.75, 3.05) is 13.2 Å². The van der Waals surface area contributed by atoms with E-state index in [-0.39, 0.29) is 19.7 Å². The predicted molar refractivity (Wildman–Crippen MR) is 49.1 cm³/mol. The molecule has 0 radical (unpaired) electrons. The first-order valence-electron chi connectivity index (χ1n) is 4.33. The fourth-order valence-electron chi connectivity index (χ4n) is 1.18. The fraction of sp³-hybridized carbons (Fsp3) is 0.500.